The first-order valence-electron chi connectivity index (χ1n) is 4.71. The van der Waals surface area contributed by atoms with Gasteiger partial charge in [-0.2, -0.15) is 0 Å². The molecule has 1 amide bonds. The number of rotatable bonds is 3. The first-order valence-corrected chi connectivity index (χ1v) is 4.71. The first-order chi connectivity index (χ1) is 7.06. The molecule has 0 aliphatic carbocycles. The van der Waals surface area contributed by atoms with Crippen LogP contribution < -0.4 is 5.73 Å². The SMILES string of the molecule is COC(=O)CN(C)C(=O)C1COCC1N. The van der Waals surface area contributed by atoms with Crippen LogP contribution in [-0.4, -0.2) is 56.7 Å². The molecule has 1 rings (SSSR count). The predicted octanol–water partition coefficient (Wildman–Crippen LogP) is -1.41. The minimum Gasteiger partial charge on any atom is -0.468 e. The fraction of sp³-hybridized carbons (Fsp3) is 0.778. The molecule has 15 heavy (non-hydrogen) atoms. The normalized spacial score (nSPS) is 25.0. The summed E-state index contributed by atoms with van der Waals surface area (Å²) in [4.78, 5) is 24.0. The van der Waals surface area contributed by atoms with Crippen molar-refractivity contribution in [2.75, 3.05) is 33.9 Å². The van der Waals surface area contributed by atoms with Crippen molar-refractivity contribution in [1.29, 1.82) is 0 Å². The molecule has 0 aromatic rings. The molecule has 1 aliphatic rings. The Hall–Kier alpha value is -1.14. The largest absolute Gasteiger partial charge is 0.468 e. The van der Waals surface area contributed by atoms with Gasteiger partial charge in [0, 0.05) is 13.1 Å². The number of hydrogen-bond acceptors (Lipinski definition) is 5. The lowest BCUT2D eigenvalue weighted by molar-refractivity contribution is -0.147. The third kappa shape index (κ3) is 2.90. The van der Waals surface area contributed by atoms with Gasteiger partial charge in [-0.25, -0.2) is 0 Å². The van der Waals surface area contributed by atoms with Gasteiger partial charge in [0.15, 0.2) is 0 Å². The van der Waals surface area contributed by atoms with E-state index in [1.165, 1.54) is 12.0 Å². The van der Waals surface area contributed by atoms with Gasteiger partial charge < -0.3 is 20.1 Å². The molecule has 0 aromatic carbocycles. The summed E-state index contributed by atoms with van der Waals surface area (Å²) >= 11 is 0. The first kappa shape index (κ1) is 11.9. The Labute approximate surface area is 88.3 Å². The number of methoxy groups -OCH3 is 1. The molecule has 86 valence electrons. The van der Waals surface area contributed by atoms with Gasteiger partial charge in [0.1, 0.15) is 6.54 Å². The van der Waals surface area contributed by atoms with E-state index < -0.39 is 5.97 Å². The van der Waals surface area contributed by atoms with Crippen LogP contribution in [-0.2, 0) is 19.1 Å². The van der Waals surface area contributed by atoms with Crippen LogP contribution >= 0.6 is 0 Å². The van der Waals surface area contributed by atoms with Gasteiger partial charge in [-0.1, -0.05) is 0 Å². The molecule has 1 aliphatic heterocycles. The van der Waals surface area contributed by atoms with E-state index in [1.54, 1.807) is 7.05 Å². The lowest BCUT2D eigenvalue weighted by Crippen LogP contribution is -2.43. The highest BCUT2D eigenvalue weighted by Crippen LogP contribution is 2.14. The van der Waals surface area contributed by atoms with Crippen LogP contribution in [0.4, 0.5) is 0 Å². The Morgan fingerprint density at radius 2 is 2.20 bits per heavy atom. The number of hydrogen-bond donors (Lipinski definition) is 1. The van der Waals surface area contributed by atoms with E-state index >= 15 is 0 Å². The van der Waals surface area contributed by atoms with Crippen molar-refractivity contribution < 1.29 is 19.1 Å². The monoisotopic (exact) mass is 216 g/mol. The summed E-state index contributed by atoms with van der Waals surface area (Å²) in [6.45, 7) is 0.659. The van der Waals surface area contributed by atoms with Crippen LogP contribution in [0.15, 0.2) is 0 Å². The number of carbonyl (C=O) groups excluding carboxylic acids is 2. The minimum atomic E-state index is -0.446. The molecule has 1 fully saturated rings. The fourth-order valence-electron chi connectivity index (χ4n) is 1.44. The second-order valence-corrected chi connectivity index (χ2v) is 3.58. The van der Waals surface area contributed by atoms with Crippen LogP contribution in [0.5, 0.6) is 0 Å². The third-order valence-electron chi connectivity index (χ3n) is 2.41. The zero-order valence-corrected chi connectivity index (χ0v) is 8.93. The number of esters is 1. The Bertz CT molecular complexity index is 256. The van der Waals surface area contributed by atoms with Crippen molar-refractivity contribution in [2.45, 2.75) is 6.04 Å². The number of ether oxygens (including phenoxy) is 2. The maximum absolute atomic E-state index is 11.8. The van der Waals surface area contributed by atoms with E-state index in [0.717, 1.165) is 0 Å². The van der Waals surface area contributed by atoms with Crippen LogP contribution in [0.3, 0.4) is 0 Å². The summed E-state index contributed by atoms with van der Waals surface area (Å²) in [5.41, 5.74) is 5.69. The maximum Gasteiger partial charge on any atom is 0.325 e. The van der Waals surface area contributed by atoms with Crippen LogP contribution in [0.25, 0.3) is 0 Å². The van der Waals surface area contributed by atoms with E-state index in [0.29, 0.717) is 13.2 Å². The van der Waals surface area contributed by atoms with Crippen molar-refractivity contribution in [1.82, 2.24) is 4.90 Å². The Kier molecular flexibility index (Phi) is 4.05. The van der Waals surface area contributed by atoms with Gasteiger partial charge in [0.25, 0.3) is 0 Å². The molecular weight excluding hydrogens is 200 g/mol. The standard InChI is InChI=1S/C9H16N2O4/c1-11(3-8(12)14-2)9(13)6-4-15-5-7(6)10/h6-7H,3-5,10H2,1-2H3. The van der Waals surface area contributed by atoms with E-state index in [1.807, 2.05) is 0 Å². The van der Waals surface area contributed by atoms with Crippen molar-refractivity contribution in [3.63, 3.8) is 0 Å². The summed E-state index contributed by atoms with van der Waals surface area (Å²) in [6, 6.07) is -0.280. The highest BCUT2D eigenvalue weighted by molar-refractivity contribution is 5.84. The van der Waals surface area contributed by atoms with Crippen molar-refractivity contribution in [3.05, 3.63) is 0 Å². The van der Waals surface area contributed by atoms with Crippen LogP contribution in [0.1, 0.15) is 0 Å². The second-order valence-electron chi connectivity index (χ2n) is 3.58. The smallest absolute Gasteiger partial charge is 0.325 e. The zero-order chi connectivity index (χ0) is 11.4. The molecule has 6 nitrogen and oxygen atoms in total. The molecule has 2 unspecified atom stereocenters. The number of nitrogens with zero attached hydrogens (tertiary/aromatic N) is 1. The number of amides is 1. The molecule has 1 heterocycles. The Balaban J connectivity index is 2.48. The Morgan fingerprint density at radius 3 is 2.67 bits per heavy atom. The van der Waals surface area contributed by atoms with Gasteiger partial charge >= 0.3 is 5.97 Å². The molecule has 0 bridgehead atoms. The molecule has 2 atom stereocenters. The maximum atomic E-state index is 11.8. The van der Waals surface area contributed by atoms with Crippen molar-refractivity contribution in [2.24, 2.45) is 11.7 Å². The minimum absolute atomic E-state index is 0.0570. The highest BCUT2D eigenvalue weighted by atomic mass is 16.5. The number of likely N-dealkylation sites (N-methyl/N-ethyl adjacent to an activating group) is 1. The molecule has 1 saturated heterocycles. The average molecular weight is 216 g/mol. The Morgan fingerprint density at radius 1 is 1.53 bits per heavy atom. The van der Waals surface area contributed by atoms with E-state index in [-0.39, 0.29) is 24.4 Å². The summed E-state index contributed by atoms with van der Waals surface area (Å²) in [5, 5.41) is 0. The van der Waals surface area contributed by atoms with Crippen molar-refractivity contribution >= 4 is 11.9 Å². The summed E-state index contributed by atoms with van der Waals surface area (Å²) in [7, 11) is 2.83. The molecule has 0 aromatic heterocycles. The molecule has 6 heteroatoms. The fourth-order valence-corrected chi connectivity index (χ4v) is 1.44. The summed E-state index contributed by atoms with van der Waals surface area (Å²) in [5.74, 6) is -0.969. The summed E-state index contributed by atoms with van der Waals surface area (Å²) < 4.78 is 9.55. The average Bonchev–Trinajstić information content (AvgIpc) is 2.63. The zero-order valence-electron chi connectivity index (χ0n) is 8.93. The van der Waals surface area contributed by atoms with Gasteiger partial charge in [-0.15, -0.1) is 0 Å². The molecule has 0 saturated carbocycles. The van der Waals surface area contributed by atoms with Crippen LogP contribution in [0, 0.1) is 5.92 Å². The third-order valence-corrected chi connectivity index (χ3v) is 2.41. The van der Waals surface area contributed by atoms with Gasteiger partial charge in [0.05, 0.1) is 26.2 Å². The van der Waals surface area contributed by atoms with Gasteiger partial charge in [-0.3, -0.25) is 9.59 Å². The second kappa shape index (κ2) is 5.09. The predicted molar refractivity (Wildman–Crippen MR) is 51.9 cm³/mol. The lowest BCUT2D eigenvalue weighted by atomic mass is 10.0. The number of nitrogens with two attached hydrogens (primary N) is 1. The van der Waals surface area contributed by atoms with E-state index in [4.69, 9.17) is 10.5 Å². The van der Waals surface area contributed by atoms with Gasteiger partial charge in [-0.05, 0) is 0 Å². The number of carbonyl (C=O) groups is 2. The molecular formula is C9H16N2O4. The van der Waals surface area contributed by atoms with Gasteiger partial charge in [0.2, 0.25) is 5.91 Å². The quantitative estimate of drug-likeness (QED) is 0.586. The lowest BCUT2D eigenvalue weighted by Gasteiger charge is -2.20. The highest BCUT2D eigenvalue weighted by Gasteiger charge is 2.33. The molecule has 0 radical (unpaired) electrons. The molecule has 0 spiro atoms. The van der Waals surface area contributed by atoms with Crippen molar-refractivity contribution in [3.8, 4) is 0 Å². The van der Waals surface area contributed by atoms with E-state index in [9.17, 15) is 9.59 Å². The van der Waals surface area contributed by atoms with Crippen LogP contribution in [0.2, 0.25) is 0 Å². The summed E-state index contributed by atoms with van der Waals surface area (Å²) in [6.07, 6.45) is 0. The topological polar surface area (TPSA) is 81.9 Å². The molecule has 2 N–H and O–H groups in total. The van der Waals surface area contributed by atoms with E-state index in [2.05, 4.69) is 4.74 Å².